The standard InChI is InChI=1S/C13H16BrN3O2/c1-7(12(18)17-9-3-4-9)16-13(19)10-6-8(14)2-5-11(10)15/h2,5-7,9H,3-4,15H2,1H3,(H,16,19)(H,17,18). The molecule has 0 saturated heterocycles. The molecule has 1 aliphatic rings. The number of carbonyl (C=O) groups excluding carboxylic acids is 2. The maximum absolute atomic E-state index is 12.0. The number of hydrogen-bond donors (Lipinski definition) is 3. The summed E-state index contributed by atoms with van der Waals surface area (Å²) in [6, 6.07) is 4.74. The quantitative estimate of drug-likeness (QED) is 0.732. The van der Waals surface area contributed by atoms with Gasteiger partial charge in [0.05, 0.1) is 5.56 Å². The zero-order valence-electron chi connectivity index (χ0n) is 10.6. The Morgan fingerprint density at radius 1 is 1.42 bits per heavy atom. The van der Waals surface area contributed by atoms with Crippen LogP contribution in [0.4, 0.5) is 5.69 Å². The second-order valence-corrected chi connectivity index (χ2v) is 5.63. The van der Waals surface area contributed by atoms with Crippen LogP contribution in [0, 0.1) is 0 Å². The highest BCUT2D eigenvalue weighted by atomic mass is 79.9. The van der Waals surface area contributed by atoms with E-state index in [4.69, 9.17) is 5.73 Å². The van der Waals surface area contributed by atoms with Gasteiger partial charge in [-0.25, -0.2) is 0 Å². The second kappa shape index (κ2) is 5.61. The fraction of sp³-hybridized carbons (Fsp3) is 0.385. The van der Waals surface area contributed by atoms with Gasteiger partial charge in [-0.3, -0.25) is 9.59 Å². The lowest BCUT2D eigenvalue weighted by Gasteiger charge is -2.14. The van der Waals surface area contributed by atoms with Gasteiger partial charge in [-0.1, -0.05) is 15.9 Å². The zero-order valence-corrected chi connectivity index (χ0v) is 12.2. The number of hydrogen-bond acceptors (Lipinski definition) is 3. The van der Waals surface area contributed by atoms with Gasteiger partial charge in [0.25, 0.3) is 5.91 Å². The van der Waals surface area contributed by atoms with Crippen LogP contribution in [0.25, 0.3) is 0 Å². The molecule has 2 amide bonds. The molecule has 0 heterocycles. The van der Waals surface area contributed by atoms with E-state index in [0.29, 0.717) is 11.3 Å². The molecule has 1 saturated carbocycles. The van der Waals surface area contributed by atoms with Crippen molar-refractivity contribution in [2.75, 3.05) is 5.73 Å². The SMILES string of the molecule is CC(NC(=O)c1cc(Br)ccc1N)C(=O)NC1CC1. The Hall–Kier alpha value is -1.56. The Labute approximate surface area is 120 Å². The van der Waals surface area contributed by atoms with Gasteiger partial charge in [0, 0.05) is 16.2 Å². The molecule has 0 bridgehead atoms. The Kier molecular flexibility index (Phi) is 4.09. The molecule has 5 nitrogen and oxygen atoms in total. The molecule has 102 valence electrons. The van der Waals surface area contributed by atoms with Gasteiger partial charge in [-0.05, 0) is 38.0 Å². The molecule has 1 aromatic carbocycles. The summed E-state index contributed by atoms with van der Waals surface area (Å²) in [6.07, 6.45) is 2.04. The van der Waals surface area contributed by atoms with Crippen LogP contribution < -0.4 is 16.4 Å². The monoisotopic (exact) mass is 325 g/mol. The Morgan fingerprint density at radius 2 is 2.11 bits per heavy atom. The van der Waals surface area contributed by atoms with Crippen molar-refractivity contribution in [3.05, 3.63) is 28.2 Å². The van der Waals surface area contributed by atoms with Crippen molar-refractivity contribution in [3.63, 3.8) is 0 Å². The van der Waals surface area contributed by atoms with Crippen LogP contribution in [-0.2, 0) is 4.79 Å². The molecule has 1 fully saturated rings. The predicted octanol–water partition coefficient (Wildman–Crippen LogP) is 1.43. The predicted molar refractivity (Wildman–Crippen MR) is 76.6 cm³/mol. The zero-order chi connectivity index (χ0) is 14.0. The van der Waals surface area contributed by atoms with Crippen LogP contribution in [0.5, 0.6) is 0 Å². The number of nitrogens with two attached hydrogens (primary N) is 1. The van der Waals surface area contributed by atoms with Crippen LogP contribution in [0.1, 0.15) is 30.1 Å². The largest absolute Gasteiger partial charge is 0.398 e. The number of carbonyl (C=O) groups is 2. The summed E-state index contributed by atoms with van der Waals surface area (Å²) in [7, 11) is 0. The molecule has 0 radical (unpaired) electrons. The average Bonchev–Trinajstić information content (AvgIpc) is 3.15. The fourth-order valence-electron chi connectivity index (χ4n) is 1.62. The molecule has 1 atom stereocenters. The summed E-state index contributed by atoms with van der Waals surface area (Å²) in [6.45, 7) is 1.66. The van der Waals surface area contributed by atoms with E-state index in [2.05, 4.69) is 26.6 Å². The summed E-state index contributed by atoms with van der Waals surface area (Å²) in [5.41, 5.74) is 6.50. The number of benzene rings is 1. The topological polar surface area (TPSA) is 84.2 Å². The van der Waals surface area contributed by atoms with Gasteiger partial charge < -0.3 is 16.4 Å². The first-order valence-electron chi connectivity index (χ1n) is 6.13. The van der Waals surface area contributed by atoms with Gasteiger partial charge >= 0.3 is 0 Å². The van der Waals surface area contributed by atoms with E-state index in [9.17, 15) is 9.59 Å². The lowest BCUT2D eigenvalue weighted by molar-refractivity contribution is -0.122. The summed E-state index contributed by atoms with van der Waals surface area (Å²) in [4.78, 5) is 23.8. The van der Waals surface area contributed by atoms with Crippen molar-refractivity contribution in [3.8, 4) is 0 Å². The number of nitrogen functional groups attached to an aromatic ring is 1. The molecule has 0 aliphatic heterocycles. The Bertz CT molecular complexity index is 515. The van der Waals surface area contributed by atoms with Crippen LogP contribution >= 0.6 is 15.9 Å². The Morgan fingerprint density at radius 3 is 2.74 bits per heavy atom. The van der Waals surface area contributed by atoms with Crippen LogP contribution in [-0.4, -0.2) is 23.9 Å². The number of halogens is 1. The van der Waals surface area contributed by atoms with E-state index in [-0.39, 0.29) is 17.9 Å². The van der Waals surface area contributed by atoms with E-state index in [1.807, 2.05) is 0 Å². The maximum Gasteiger partial charge on any atom is 0.254 e. The molecular weight excluding hydrogens is 310 g/mol. The summed E-state index contributed by atoms with van der Waals surface area (Å²) in [5.74, 6) is -0.512. The van der Waals surface area contributed by atoms with Crippen molar-refractivity contribution >= 4 is 33.4 Å². The van der Waals surface area contributed by atoms with Crippen molar-refractivity contribution in [1.29, 1.82) is 0 Å². The van der Waals surface area contributed by atoms with Gasteiger partial charge in [0.15, 0.2) is 0 Å². The first-order valence-corrected chi connectivity index (χ1v) is 6.93. The van der Waals surface area contributed by atoms with Crippen LogP contribution in [0.2, 0.25) is 0 Å². The number of nitrogens with one attached hydrogen (secondary N) is 2. The highest BCUT2D eigenvalue weighted by Gasteiger charge is 2.26. The van der Waals surface area contributed by atoms with E-state index in [0.717, 1.165) is 17.3 Å². The first kappa shape index (κ1) is 13.9. The van der Waals surface area contributed by atoms with Crippen LogP contribution in [0.3, 0.4) is 0 Å². The minimum absolute atomic E-state index is 0.163. The molecule has 4 N–H and O–H groups in total. The van der Waals surface area contributed by atoms with E-state index >= 15 is 0 Å². The average molecular weight is 326 g/mol. The van der Waals surface area contributed by atoms with E-state index < -0.39 is 6.04 Å². The molecule has 6 heteroatoms. The Balaban J connectivity index is 1.99. The van der Waals surface area contributed by atoms with Crippen molar-refractivity contribution in [2.45, 2.75) is 31.8 Å². The van der Waals surface area contributed by atoms with Gasteiger partial charge in [-0.15, -0.1) is 0 Å². The highest BCUT2D eigenvalue weighted by Crippen LogP contribution is 2.19. The summed E-state index contributed by atoms with van der Waals surface area (Å²) < 4.78 is 0.766. The molecule has 0 aromatic heterocycles. The third-order valence-electron chi connectivity index (χ3n) is 2.92. The van der Waals surface area contributed by atoms with Crippen molar-refractivity contribution in [1.82, 2.24) is 10.6 Å². The minimum Gasteiger partial charge on any atom is -0.398 e. The number of anilines is 1. The lowest BCUT2D eigenvalue weighted by Crippen LogP contribution is -2.45. The molecule has 1 aromatic rings. The number of amides is 2. The van der Waals surface area contributed by atoms with Crippen molar-refractivity contribution < 1.29 is 9.59 Å². The number of rotatable bonds is 4. The summed E-state index contributed by atoms with van der Waals surface area (Å²) >= 11 is 3.29. The van der Waals surface area contributed by atoms with Gasteiger partial charge in [0.2, 0.25) is 5.91 Å². The molecule has 1 aliphatic carbocycles. The maximum atomic E-state index is 12.0. The molecular formula is C13H16BrN3O2. The van der Waals surface area contributed by atoms with E-state index in [1.165, 1.54) is 0 Å². The lowest BCUT2D eigenvalue weighted by atomic mass is 10.1. The normalized spacial score (nSPS) is 15.7. The molecule has 0 spiro atoms. The molecule has 2 rings (SSSR count). The second-order valence-electron chi connectivity index (χ2n) is 4.71. The van der Waals surface area contributed by atoms with Gasteiger partial charge in [-0.2, -0.15) is 0 Å². The van der Waals surface area contributed by atoms with Gasteiger partial charge in [0.1, 0.15) is 6.04 Å². The fourth-order valence-corrected chi connectivity index (χ4v) is 1.98. The molecule has 1 unspecified atom stereocenters. The van der Waals surface area contributed by atoms with Crippen LogP contribution in [0.15, 0.2) is 22.7 Å². The minimum atomic E-state index is -0.577. The van der Waals surface area contributed by atoms with E-state index in [1.54, 1.807) is 25.1 Å². The summed E-state index contributed by atoms with van der Waals surface area (Å²) in [5, 5.41) is 5.49. The molecule has 19 heavy (non-hydrogen) atoms. The first-order chi connectivity index (χ1) is 8.97. The highest BCUT2D eigenvalue weighted by molar-refractivity contribution is 9.10. The third-order valence-corrected chi connectivity index (χ3v) is 3.42. The third kappa shape index (κ3) is 3.70. The smallest absolute Gasteiger partial charge is 0.254 e. The van der Waals surface area contributed by atoms with Crippen molar-refractivity contribution in [2.24, 2.45) is 0 Å².